The lowest BCUT2D eigenvalue weighted by atomic mass is 9.79. The lowest BCUT2D eigenvalue weighted by Crippen LogP contribution is -2.38. The second-order valence-electron chi connectivity index (χ2n) is 4.01. The van der Waals surface area contributed by atoms with E-state index in [1.165, 1.54) is 0 Å². The zero-order valence-electron chi connectivity index (χ0n) is 9.31. The Balaban J connectivity index is 4.38. The minimum atomic E-state index is -4.23. The van der Waals surface area contributed by atoms with Gasteiger partial charge in [0.05, 0.1) is 5.41 Å². The number of nitrogens with two attached hydrogens (primary N) is 1. The monoisotopic (exact) mass is 241 g/mol. The Bertz CT molecular complexity index is 231. The zero-order valence-corrected chi connectivity index (χ0v) is 9.31. The van der Waals surface area contributed by atoms with Crippen molar-refractivity contribution < 1.29 is 23.1 Å². The molecule has 0 amide bonds. The van der Waals surface area contributed by atoms with Gasteiger partial charge in [-0.05, 0) is 19.3 Å². The maximum absolute atomic E-state index is 11.9. The molecular weight excluding hydrogens is 223 g/mol. The Morgan fingerprint density at radius 2 is 1.81 bits per heavy atom. The molecule has 1 unspecified atom stereocenters. The molecule has 0 aromatic carbocycles. The molecule has 0 fully saturated rings. The Morgan fingerprint density at radius 3 is 2.12 bits per heavy atom. The van der Waals surface area contributed by atoms with E-state index in [1.807, 2.05) is 0 Å². The predicted octanol–water partition coefficient (Wildman–Crippen LogP) is 2.55. The first-order valence-electron chi connectivity index (χ1n) is 5.27. The first-order valence-corrected chi connectivity index (χ1v) is 5.27. The lowest BCUT2D eigenvalue weighted by molar-refractivity contribution is -0.152. The normalized spacial score (nSPS) is 15.8. The summed E-state index contributed by atoms with van der Waals surface area (Å²) in [6, 6.07) is 0. The first kappa shape index (κ1) is 15.2. The summed E-state index contributed by atoms with van der Waals surface area (Å²) >= 11 is 0. The van der Waals surface area contributed by atoms with Crippen molar-refractivity contribution in [1.29, 1.82) is 0 Å². The third kappa shape index (κ3) is 4.83. The largest absolute Gasteiger partial charge is 0.481 e. The van der Waals surface area contributed by atoms with Gasteiger partial charge in [0.25, 0.3) is 0 Å². The molecule has 0 aliphatic carbocycles. The Morgan fingerprint density at radius 1 is 1.25 bits per heavy atom. The van der Waals surface area contributed by atoms with Crippen LogP contribution in [0.4, 0.5) is 13.2 Å². The van der Waals surface area contributed by atoms with Crippen LogP contribution in [0.1, 0.15) is 39.0 Å². The molecule has 0 bridgehead atoms. The number of carboxylic acid groups (broad SMARTS) is 1. The van der Waals surface area contributed by atoms with Gasteiger partial charge in [-0.1, -0.05) is 13.3 Å². The van der Waals surface area contributed by atoms with Crippen LogP contribution in [0.2, 0.25) is 0 Å². The van der Waals surface area contributed by atoms with Gasteiger partial charge in [-0.15, -0.1) is 0 Å². The third-order valence-corrected chi connectivity index (χ3v) is 2.69. The number of alkyl halides is 3. The quantitative estimate of drug-likeness (QED) is 0.720. The molecule has 96 valence electrons. The van der Waals surface area contributed by atoms with Gasteiger partial charge < -0.3 is 10.8 Å². The molecule has 3 nitrogen and oxygen atoms in total. The molecule has 0 saturated heterocycles. The molecule has 16 heavy (non-hydrogen) atoms. The molecule has 0 radical (unpaired) electrons. The van der Waals surface area contributed by atoms with Crippen molar-refractivity contribution in [2.45, 2.75) is 45.2 Å². The maximum atomic E-state index is 11.9. The topological polar surface area (TPSA) is 63.3 Å². The van der Waals surface area contributed by atoms with Crippen LogP contribution >= 0.6 is 0 Å². The number of hydrogen-bond acceptors (Lipinski definition) is 2. The van der Waals surface area contributed by atoms with E-state index in [0.29, 0.717) is 12.8 Å². The van der Waals surface area contributed by atoms with E-state index in [9.17, 15) is 18.0 Å². The van der Waals surface area contributed by atoms with E-state index >= 15 is 0 Å². The fourth-order valence-corrected chi connectivity index (χ4v) is 1.74. The molecule has 0 aromatic rings. The smallest absolute Gasteiger partial charge is 0.389 e. The van der Waals surface area contributed by atoms with Crippen molar-refractivity contribution in [2.24, 2.45) is 11.1 Å². The number of rotatable bonds is 7. The molecule has 1 atom stereocenters. The van der Waals surface area contributed by atoms with E-state index in [2.05, 4.69) is 0 Å². The maximum Gasteiger partial charge on any atom is 0.389 e. The second-order valence-corrected chi connectivity index (χ2v) is 4.01. The number of carboxylic acids is 1. The van der Waals surface area contributed by atoms with E-state index in [0.717, 1.165) is 0 Å². The van der Waals surface area contributed by atoms with Gasteiger partial charge in [0.2, 0.25) is 0 Å². The van der Waals surface area contributed by atoms with Crippen LogP contribution in [-0.4, -0.2) is 23.8 Å². The van der Waals surface area contributed by atoms with Crippen molar-refractivity contribution >= 4 is 5.97 Å². The van der Waals surface area contributed by atoms with Gasteiger partial charge in [0.1, 0.15) is 0 Å². The average molecular weight is 241 g/mol. The van der Waals surface area contributed by atoms with Crippen molar-refractivity contribution in [3.63, 3.8) is 0 Å². The summed E-state index contributed by atoms with van der Waals surface area (Å²) in [5.41, 5.74) is 4.19. The molecule has 0 spiro atoms. The first-order chi connectivity index (χ1) is 7.27. The number of carbonyl (C=O) groups is 1. The molecule has 0 heterocycles. The van der Waals surface area contributed by atoms with Crippen molar-refractivity contribution in [3.05, 3.63) is 0 Å². The summed E-state index contributed by atoms with van der Waals surface area (Å²) in [4.78, 5) is 11.0. The molecule has 0 aliphatic heterocycles. The highest BCUT2D eigenvalue weighted by atomic mass is 19.4. The van der Waals surface area contributed by atoms with E-state index < -0.39 is 24.0 Å². The summed E-state index contributed by atoms with van der Waals surface area (Å²) in [6.45, 7) is 1.67. The van der Waals surface area contributed by atoms with Crippen LogP contribution in [0, 0.1) is 5.41 Å². The second kappa shape index (κ2) is 6.08. The highest BCUT2D eigenvalue weighted by Crippen LogP contribution is 2.32. The Kier molecular flexibility index (Phi) is 5.78. The van der Waals surface area contributed by atoms with Crippen molar-refractivity contribution in [3.8, 4) is 0 Å². The number of halogens is 3. The summed E-state index contributed by atoms with van der Waals surface area (Å²) < 4.78 is 35.8. The molecular formula is C10H18F3NO2. The third-order valence-electron chi connectivity index (χ3n) is 2.69. The van der Waals surface area contributed by atoms with Crippen LogP contribution in [0.5, 0.6) is 0 Å². The van der Waals surface area contributed by atoms with E-state index in [4.69, 9.17) is 10.8 Å². The molecule has 3 N–H and O–H groups in total. The fourth-order valence-electron chi connectivity index (χ4n) is 1.74. The standard InChI is InChI=1S/C10H18F3NO2/c1-2-4-9(7-14,8(15)16)5-3-6-10(11,12)13/h2-7,14H2,1H3,(H,15,16). The fraction of sp³-hybridized carbons (Fsp3) is 0.900. The van der Waals surface area contributed by atoms with Gasteiger partial charge in [-0.3, -0.25) is 4.79 Å². The van der Waals surface area contributed by atoms with Crippen LogP contribution in [0.15, 0.2) is 0 Å². The summed E-state index contributed by atoms with van der Waals surface area (Å²) in [6.07, 6.45) is -4.48. The van der Waals surface area contributed by atoms with Crippen LogP contribution < -0.4 is 5.73 Å². The predicted molar refractivity (Wildman–Crippen MR) is 53.9 cm³/mol. The van der Waals surface area contributed by atoms with Crippen molar-refractivity contribution in [2.75, 3.05) is 6.54 Å². The Labute approximate surface area is 92.8 Å². The highest BCUT2D eigenvalue weighted by molar-refractivity contribution is 5.74. The van der Waals surface area contributed by atoms with Crippen LogP contribution in [0.3, 0.4) is 0 Å². The molecule has 0 rings (SSSR count). The Hall–Kier alpha value is -0.780. The van der Waals surface area contributed by atoms with Gasteiger partial charge >= 0.3 is 12.1 Å². The van der Waals surface area contributed by atoms with Crippen LogP contribution in [0.25, 0.3) is 0 Å². The van der Waals surface area contributed by atoms with Gasteiger partial charge in [-0.25, -0.2) is 0 Å². The lowest BCUT2D eigenvalue weighted by Gasteiger charge is -2.27. The average Bonchev–Trinajstić information content (AvgIpc) is 2.14. The highest BCUT2D eigenvalue weighted by Gasteiger charge is 2.37. The summed E-state index contributed by atoms with van der Waals surface area (Å²) in [5.74, 6) is -1.10. The minimum Gasteiger partial charge on any atom is -0.481 e. The van der Waals surface area contributed by atoms with Crippen LogP contribution in [-0.2, 0) is 4.79 Å². The molecule has 0 saturated carbocycles. The van der Waals surface area contributed by atoms with E-state index in [-0.39, 0.29) is 19.4 Å². The number of hydrogen-bond donors (Lipinski definition) is 2. The van der Waals surface area contributed by atoms with Gasteiger partial charge in [0, 0.05) is 13.0 Å². The van der Waals surface area contributed by atoms with E-state index in [1.54, 1.807) is 6.92 Å². The van der Waals surface area contributed by atoms with Gasteiger partial charge in [0.15, 0.2) is 0 Å². The zero-order chi connectivity index (χ0) is 12.8. The summed E-state index contributed by atoms with van der Waals surface area (Å²) in [5, 5.41) is 9.02. The molecule has 0 aromatic heterocycles. The summed E-state index contributed by atoms with van der Waals surface area (Å²) in [7, 11) is 0. The number of aliphatic carboxylic acids is 1. The molecule has 6 heteroatoms. The SMILES string of the molecule is CCCC(CN)(CCCC(F)(F)F)C(=O)O. The van der Waals surface area contributed by atoms with Gasteiger partial charge in [-0.2, -0.15) is 13.2 Å². The van der Waals surface area contributed by atoms with Crippen molar-refractivity contribution in [1.82, 2.24) is 0 Å². The molecule has 0 aliphatic rings. The minimum absolute atomic E-state index is 0.0216.